The summed E-state index contributed by atoms with van der Waals surface area (Å²) in [6.07, 6.45) is 0. The van der Waals surface area contributed by atoms with Crippen molar-refractivity contribution in [1.82, 2.24) is 0 Å². The molecule has 0 aliphatic rings. The van der Waals surface area contributed by atoms with Gasteiger partial charge in [0.15, 0.2) is 0 Å². The van der Waals surface area contributed by atoms with Crippen molar-refractivity contribution in [1.29, 1.82) is 0 Å². The van der Waals surface area contributed by atoms with Crippen LogP contribution >= 0.6 is 0 Å². The predicted octanol–water partition coefficient (Wildman–Crippen LogP) is -0.00750. The van der Waals surface area contributed by atoms with Crippen molar-refractivity contribution in [2.24, 2.45) is 0 Å². The maximum atomic E-state index is 0. The summed E-state index contributed by atoms with van der Waals surface area (Å²) in [6.45, 7) is 0. The summed E-state index contributed by atoms with van der Waals surface area (Å²) in [7, 11) is 0. The molecule has 4 heavy (non-hydrogen) atoms. The van der Waals surface area contributed by atoms with E-state index >= 15 is 0 Å². The van der Waals surface area contributed by atoms with Gasteiger partial charge in [0.25, 0.3) is 0 Å². The van der Waals surface area contributed by atoms with Gasteiger partial charge in [-0.2, -0.15) is 0 Å². The molecule has 0 spiro atoms. The van der Waals surface area contributed by atoms with Crippen molar-refractivity contribution < 1.29 is 92.4 Å². The van der Waals surface area contributed by atoms with Gasteiger partial charge in [0, 0.05) is 92.4 Å². The first-order valence-electron chi connectivity index (χ1n) is 0. The minimum Gasteiger partial charge on any atom is 0 e. The Hall–Kier alpha value is 3.05. The summed E-state index contributed by atoms with van der Waals surface area (Å²) < 4.78 is 0. The molecule has 4 heteroatoms. The zero-order valence-electron chi connectivity index (χ0n) is 1.36. The van der Waals surface area contributed by atoms with Gasteiger partial charge in [0.1, 0.15) is 0 Å². The summed E-state index contributed by atoms with van der Waals surface area (Å²) in [6, 6.07) is 0. The molecule has 0 aromatic heterocycles. The summed E-state index contributed by atoms with van der Waals surface area (Å²) in [5.74, 6) is 0. The Labute approximate surface area is 90.6 Å². The standard InChI is InChI=1S/3Pt.Pu. The van der Waals surface area contributed by atoms with Gasteiger partial charge in [0.2, 0.25) is 0 Å². The quantitative estimate of drug-likeness (QED) is 0.323. The molecule has 36 valence electrons. The molecule has 0 saturated heterocycles. The van der Waals surface area contributed by atoms with Crippen LogP contribution in [0.3, 0.4) is 0 Å². The first-order chi connectivity index (χ1) is 0. The minimum absolute atomic E-state index is 0. The van der Waals surface area contributed by atoms with Crippen LogP contribution in [0.4, 0.5) is 0 Å². The monoisotopic (exact) mass is 823 g/mol. The first kappa shape index (κ1) is 27.7. The predicted molar refractivity (Wildman–Crippen MR) is 0 cm³/mol. The summed E-state index contributed by atoms with van der Waals surface area (Å²) >= 11 is 0. The summed E-state index contributed by atoms with van der Waals surface area (Å²) in [4.78, 5) is 0. The molecule has 0 N–H and O–H groups in total. The smallest absolute Gasteiger partial charge is 0 e. The maximum Gasteiger partial charge on any atom is 0 e. The Morgan fingerprint density at radius 3 is 0.500 bits per heavy atom. The van der Waals surface area contributed by atoms with Crippen molar-refractivity contribution in [2.45, 2.75) is 0 Å². The Bertz CT molecular complexity index is 3.25. The molecule has 0 unspecified atom stereocenters. The third kappa shape index (κ3) is 8.90. The molecule has 0 saturated carbocycles. The van der Waals surface area contributed by atoms with Crippen LogP contribution in [0.25, 0.3) is 0 Å². The number of rotatable bonds is 0. The van der Waals surface area contributed by atoms with Gasteiger partial charge in [-0.15, -0.1) is 0 Å². The zero-order chi connectivity index (χ0) is 0. The average Bonchev–Trinajstić information content (AvgIpc) is 0. The normalized spacial score (nSPS) is 0. The molecule has 0 bridgehead atoms. The van der Waals surface area contributed by atoms with E-state index in [0.717, 1.165) is 0 Å². The van der Waals surface area contributed by atoms with E-state index in [2.05, 4.69) is 0 Å². The van der Waals surface area contributed by atoms with Crippen molar-refractivity contribution in [3.63, 3.8) is 0 Å². The van der Waals surface area contributed by atoms with E-state index in [0.29, 0.717) is 0 Å². The van der Waals surface area contributed by atoms with E-state index in [1.807, 2.05) is 0 Å². The van der Waals surface area contributed by atoms with E-state index in [1.54, 1.807) is 0 Å². The topological polar surface area (TPSA) is 0 Å². The van der Waals surface area contributed by atoms with Crippen LogP contribution in [0.1, 0.15) is 0 Å². The Balaban J connectivity index is 0. The van der Waals surface area contributed by atoms with Gasteiger partial charge < -0.3 is 0 Å². The molecule has 0 amide bonds. The van der Waals surface area contributed by atoms with Gasteiger partial charge in [-0.1, -0.05) is 0 Å². The second kappa shape index (κ2) is 16.6. The molecule has 0 aliphatic heterocycles. The van der Waals surface area contributed by atoms with Crippen molar-refractivity contribution in [3.8, 4) is 0 Å². The molecular formula is Pt3Pu. The molecule has 0 aliphatic carbocycles. The van der Waals surface area contributed by atoms with Gasteiger partial charge in [-0.05, 0) is 0 Å². The molecule has 0 heterocycles. The van der Waals surface area contributed by atoms with E-state index < -0.39 is 0 Å². The maximum absolute atomic E-state index is 0. The van der Waals surface area contributed by atoms with Gasteiger partial charge in [0.05, 0.1) is 0 Å². The Morgan fingerprint density at radius 1 is 0.500 bits per heavy atom. The van der Waals surface area contributed by atoms with Gasteiger partial charge in [-0.3, -0.25) is 0 Å². The minimum atomic E-state index is 0. The van der Waals surface area contributed by atoms with Crippen LogP contribution in [0.15, 0.2) is 0 Å². The van der Waals surface area contributed by atoms with Gasteiger partial charge in [-0.25, -0.2) is 0 Å². The van der Waals surface area contributed by atoms with E-state index in [1.165, 1.54) is 0 Å². The molecular weight excluding hydrogens is 829 g/mol. The van der Waals surface area contributed by atoms with Crippen LogP contribution in [0.5, 0.6) is 0 Å². The van der Waals surface area contributed by atoms with E-state index in [-0.39, 0.29) is 92.4 Å². The van der Waals surface area contributed by atoms with E-state index in [9.17, 15) is 0 Å². The molecule has 0 rings (SSSR count). The third-order valence-electron chi connectivity index (χ3n) is 0. The summed E-state index contributed by atoms with van der Waals surface area (Å²) in [5, 5.41) is 0. The second-order valence-corrected chi connectivity index (χ2v) is 0. The van der Waals surface area contributed by atoms with Crippen molar-refractivity contribution in [3.05, 3.63) is 0 Å². The molecule has 0 fully saturated rings. The zero-order valence-corrected chi connectivity index (χ0v) is 11.6. The average molecular weight is 829 g/mol. The Morgan fingerprint density at radius 2 is 0.500 bits per heavy atom. The molecule has 0 aromatic carbocycles. The van der Waals surface area contributed by atoms with Crippen LogP contribution in [-0.4, -0.2) is 0 Å². The molecule has 0 radical (unpaired) electrons. The van der Waals surface area contributed by atoms with Crippen LogP contribution < -0.4 is 0 Å². The third-order valence-corrected chi connectivity index (χ3v) is 0. The van der Waals surface area contributed by atoms with Gasteiger partial charge >= 0.3 is 0 Å². The Kier molecular flexibility index (Phi) is 115. The number of hydrogen-bond acceptors (Lipinski definition) is 0. The van der Waals surface area contributed by atoms with Crippen LogP contribution in [0.2, 0.25) is 0 Å². The van der Waals surface area contributed by atoms with Crippen LogP contribution in [-0.2, 0) is 63.2 Å². The van der Waals surface area contributed by atoms with Crippen LogP contribution in [0, 0.1) is 29.2 Å². The van der Waals surface area contributed by atoms with Crippen molar-refractivity contribution in [2.75, 3.05) is 0 Å². The molecule has 0 aromatic rings. The second-order valence-electron chi connectivity index (χ2n) is 0. The molecule has 0 nitrogen and oxygen atoms in total. The first-order valence-corrected chi connectivity index (χ1v) is 0. The largest absolute Gasteiger partial charge is 0 e. The SMILES string of the molecule is [Pt].[Pt].[Pt].[Pu]. The summed E-state index contributed by atoms with van der Waals surface area (Å²) in [5.41, 5.74) is 0. The fourth-order valence-electron chi connectivity index (χ4n) is 0. The number of hydrogen-bond donors (Lipinski definition) is 0. The van der Waals surface area contributed by atoms with E-state index in [4.69, 9.17) is 0 Å². The fourth-order valence-corrected chi connectivity index (χ4v) is 0. The molecule has 0 atom stereocenters. The van der Waals surface area contributed by atoms with Crippen molar-refractivity contribution >= 4 is 0 Å². The fraction of sp³-hybridized carbons (Fsp3) is 0.